The lowest BCUT2D eigenvalue weighted by Crippen LogP contribution is -2.38. The van der Waals surface area contributed by atoms with Crippen LogP contribution in [0.3, 0.4) is 0 Å². The lowest BCUT2D eigenvalue weighted by atomic mass is 9.73. The standard InChI is InChI=1S/C15H17N3/c16-7-11-6-13(9-18-8-11)14-3-1-2-12-4-5-17-10-15(12)14/h3,6,8-9,12,15,17H,1-2,4-5,10H2/t12-,15+/m1/s1. The topological polar surface area (TPSA) is 48.7 Å². The first-order valence-corrected chi connectivity index (χ1v) is 6.65. The smallest absolute Gasteiger partial charge is 0.101 e. The summed E-state index contributed by atoms with van der Waals surface area (Å²) in [6.45, 7) is 2.21. The number of aromatic nitrogens is 1. The van der Waals surface area contributed by atoms with Gasteiger partial charge in [0.25, 0.3) is 0 Å². The molecule has 1 fully saturated rings. The number of nitriles is 1. The molecule has 3 rings (SSSR count). The molecular weight excluding hydrogens is 222 g/mol. The van der Waals surface area contributed by atoms with Gasteiger partial charge in [-0.05, 0) is 54.8 Å². The van der Waals surface area contributed by atoms with Crippen molar-refractivity contribution in [3.05, 3.63) is 35.7 Å². The Bertz CT molecular complexity index is 513. The van der Waals surface area contributed by atoms with Crippen molar-refractivity contribution in [3.63, 3.8) is 0 Å². The van der Waals surface area contributed by atoms with Crippen LogP contribution in [-0.4, -0.2) is 18.1 Å². The molecule has 92 valence electrons. The predicted octanol–water partition coefficient (Wildman–Crippen LogP) is 2.36. The normalized spacial score (nSPS) is 26.9. The summed E-state index contributed by atoms with van der Waals surface area (Å²) in [5, 5.41) is 12.5. The fraction of sp³-hybridized carbons (Fsp3) is 0.467. The zero-order valence-corrected chi connectivity index (χ0v) is 10.4. The van der Waals surface area contributed by atoms with Gasteiger partial charge in [-0.1, -0.05) is 6.08 Å². The maximum atomic E-state index is 8.97. The third-order valence-corrected chi connectivity index (χ3v) is 4.13. The van der Waals surface area contributed by atoms with E-state index in [-0.39, 0.29) is 0 Å². The quantitative estimate of drug-likeness (QED) is 0.818. The van der Waals surface area contributed by atoms with Crippen LogP contribution < -0.4 is 5.32 Å². The summed E-state index contributed by atoms with van der Waals surface area (Å²) in [5.41, 5.74) is 3.18. The van der Waals surface area contributed by atoms with Crippen LogP contribution in [-0.2, 0) is 0 Å². The van der Waals surface area contributed by atoms with E-state index in [4.69, 9.17) is 5.26 Å². The maximum Gasteiger partial charge on any atom is 0.101 e. The molecule has 0 saturated carbocycles. The zero-order valence-electron chi connectivity index (χ0n) is 10.4. The molecule has 3 heteroatoms. The number of pyridine rings is 1. The highest BCUT2D eigenvalue weighted by Crippen LogP contribution is 2.39. The molecule has 2 heterocycles. The Morgan fingerprint density at radius 1 is 1.33 bits per heavy atom. The van der Waals surface area contributed by atoms with Gasteiger partial charge in [-0.3, -0.25) is 4.98 Å². The molecule has 0 unspecified atom stereocenters. The van der Waals surface area contributed by atoms with Crippen LogP contribution >= 0.6 is 0 Å². The third kappa shape index (κ3) is 2.04. The fourth-order valence-corrected chi connectivity index (χ4v) is 3.22. The summed E-state index contributed by atoms with van der Waals surface area (Å²) in [7, 11) is 0. The van der Waals surface area contributed by atoms with Gasteiger partial charge in [0.05, 0.1) is 5.56 Å². The van der Waals surface area contributed by atoms with Crippen LogP contribution in [0.15, 0.2) is 24.5 Å². The van der Waals surface area contributed by atoms with E-state index < -0.39 is 0 Å². The Balaban J connectivity index is 1.94. The van der Waals surface area contributed by atoms with E-state index >= 15 is 0 Å². The first kappa shape index (κ1) is 11.4. The van der Waals surface area contributed by atoms with Crippen molar-refractivity contribution in [2.75, 3.05) is 13.1 Å². The van der Waals surface area contributed by atoms with E-state index in [2.05, 4.69) is 22.4 Å². The molecule has 0 radical (unpaired) electrons. The molecule has 0 aromatic carbocycles. The summed E-state index contributed by atoms with van der Waals surface area (Å²) < 4.78 is 0. The van der Waals surface area contributed by atoms with E-state index in [9.17, 15) is 0 Å². The number of allylic oxidation sites excluding steroid dienone is 1. The lowest BCUT2D eigenvalue weighted by molar-refractivity contribution is 0.285. The maximum absolute atomic E-state index is 8.97. The molecule has 1 N–H and O–H groups in total. The van der Waals surface area contributed by atoms with E-state index in [1.54, 1.807) is 6.20 Å². The van der Waals surface area contributed by atoms with Crippen LogP contribution in [0, 0.1) is 23.2 Å². The van der Waals surface area contributed by atoms with Crippen molar-refractivity contribution >= 4 is 5.57 Å². The van der Waals surface area contributed by atoms with E-state index in [0.29, 0.717) is 11.5 Å². The van der Waals surface area contributed by atoms with Crippen LogP contribution in [0.25, 0.3) is 5.57 Å². The first-order chi connectivity index (χ1) is 8.88. The number of fused-ring (bicyclic) bond motifs is 1. The van der Waals surface area contributed by atoms with Crippen LogP contribution in [0.5, 0.6) is 0 Å². The molecule has 2 atom stereocenters. The third-order valence-electron chi connectivity index (χ3n) is 4.13. The second-order valence-electron chi connectivity index (χ2n) is 5.17. The number of hydrogen-bond donors (Lipinski definition) is 1. The average molecular weight is 239 g/mol. The van der Waals surface area contributed by atoms with Crippen molar-refractivity contribution in [2.24, 2.45) is 11.8 Å². The second-order valence-corrected chi connectivity index (χ2v) is 5.17. The van der Waals surface area contributed by atoms with Crippen LogP contribution in [0.4, 0.5) is 0 Å². The summed E-state index contributed by atoms with van der Waals surface area (Å²) in [5.74, 6) is 1.40. The molecule has 1 aliphatic carbocycles. The lowest BCUT2D eigenvalue weighted by Gasteiger charge is -2.37. The Labute approximate surface area is 108 Å². The van der Waals surface area contributed by atoms with Gasteiger partial charge in [0, 0.05) is 18.9 Å². The molecular formula is C15H17N3. The molecule has 1 saturated heterocycles. The molecule has 0 bridgehead atoms. The molecule has 1 aromatic heterocycles. The fourth-order valence-electron chi connectivity index (χ4n) is 3.22. The Kier molecular flexibility index (Phi) is 3.12. The van der Waals surface area contributed by atoms with Gasteiger partial charge in [0.2, 0.25) is 0 Å². The van der Waals surface area contributed by atoms with Gasteiger partial charge in [0.1, 0.15) is 6.07 Å². The summed E-state index contributed by atoms with van der Waals surface area (Å²) >= 11 is 0. The van der Waals surface area contributed by atoms with Gasteiger partial charge in [0.15, 0.2) is 0 Å². The number of rotatable bonds is 1. The minimum absolute atomic E-state index is 0.600. The predicted molar refractivity (Wildman–Crippen MR) is 70.6 cm³/mol. The Morgan fingerprint density at radius 2 is 2.28 bits per heavy atom. The minimum Gasteiger partial charge on any atom is -0.316 e. The van der Waals surface area contributed by atoms with E-state index in [1.165, 1.54) is 18.4 Å². The summed E-state index contributed by atoms with van der Waals surface area (Å²) in [4.78, 5) is 4.18. The van der Waals surface area contributed by atoms with Crippen molar-refractivity contribution in [2.45, 2.75) is 19.3 Å². The number of nitrogens with one attached hydrogen (secondary N) is 1. The van der Waals surface area contributed by atoms with E-state index in [1.807, 2.05) is 12.3 Å². The van der Waals surface area contributed by atoms with Crippen molar-refractivity contribution in [3.8, 4) is 6.07 Å². The Hall–Kier alpha value is -1.66. The highest BCUT2D eigenvalue weighted by atomic mass is 14.9. The number of hydrogen-bond acceptors (Lipinski definition) is 3. The monoisotopic (exact) mass is 239 g/mol. The van der Waals surface area contributed by atoms with Gasteiger partial charge in [-0.25, -0.2) is 0 Å². The molecule has 1 aliphatic heterocycles. The zero-order chi connectivity index (χ0) is 12.4. The molecule has 0 amide bonds. The van der Waals surface area contributed by atoms with Crippen molar-refractivity contribution < 1.29 is 0 Å². The van der Waals surface area contributed by atoms with Crippen molar-refractivity contribution in [1.29, 1.82) is 5.26 Å². The van der Waals surface area contributed by atoms with Gasteiger partial charge in [-0.2, -0.15) is 5.26 Å². The Morgan fingerprint density at radius 3 is 3.17 bits per heavy atom. The van der Waals surface area contributed by atoms with Crippen LogP contribution in [0.1, 0.15) is 30.4 Å². The van der Waals surface area contributed by atoms with E-state index in [0.717, 1.165) is 31.0 Å². The molecule has 1 aromatic rings. The number of nitrogens with zero attached hydrogens (tertiary/aromatic N) is 2. The SMILES string of the molecule is N#Cc1cncc(C2=CCC[C@@H]3CCNC[C@H]23)c1. The first-order valence-electron chi connectivity index (χ1n) is 6.65. The largest absolute Gasteiger partial charge is 0.316 e. The van der Waals surface area contributed by atoms with Gasteiger partial charge < -0.3 is 5.32 Å². The van der Waals surface area contributed by atoms with Crippen LogP contribution in [0.2, 0.25) is 0 Å². The van der Waals surface area contributed by atoms with Gasteiger partial charge >= 0.3 is 0 Å². The summed E-state index contributed by atoms with van der Waals surface area (Å²) in [6.07, 6.45) is 9.60. The molecule has 18 heavy (non-hydrogen) atoms. The second kappa shape index (κ2) is 4.91. The average Bonchev–Trinajstić information content (AvgIpc) is 2.47. The van der Waals surface area contributed by atoms with Gasteiger partial charge in [-0.15, -0.1) is 0 Å². The molecule has 2 aliphatic rings. The summed E-state index contributed by atoms with van der Waals surface area (Å²) in [6, 6.07) is 4.14. The van der Waals surface area contributed by atoms with Crippen molar-refractivity contribution in [1.82, 2.24) is 10.3 Å². The molecule has 0 spiro atoms. The minimum atomic E-state index is 0.600. The number of piperidine rings is 1. The highest BCUT2D eigenvalue weighted by Gasteiger charge is 2.30. The highest BCUT2D eigenvalue weighted by molar-refractivity contribution is 5.69. The molecule has 3 nitrogen and oxygen atoms in total.